The number of nitrogens with zero attached hydrogens (tertiary/aromatic N) is 2. The van der Waals surface area contributed by atoms with Gasteiger partial charge >= 0.3 is 0 Å². The van der Waals surface area contributed by atoms with Crippen LogP contribution in [0.3, 0.4) is 0 Å². The second kappa shape index (κ2) is 9.79. The van der Waals surface area contributed by atoms with Crippen LogP contribution in [0.25, 0.3) is 10.1 Å². The molecule has 0 atom stereocenters. The van der Waals surface area contributed by atoms with Crippen LogP contribution < -0.4 is 10.7 Å². The number of carbonyl (C=O) groups excluding carboxylic acids is 2. The van der Waals surface area contributed by atoms with Gasteiger partial charge in [0.25, 0.3) is 17.5 Å². The van der Waals surface area contributed by atoms with Gasteiger partial charge in [0.05, 0.1) is 16.2 Å². The summed E-state index contributed by atoms with van der Waals surface area (Å²) < 4.78 is 0.516. The quantitative estimate of drug-likeness (QED) is 0.164. The summed E-state index contributed by atoms with van der Waals surface area (Å²) in [5.74, 6) is -1.31. The number of phenols is 2. The van der Waals surface area contributed by atoms with Gasteiger partial charge < -0.3 is 15.5 Å². The van der Waals surface area contributed by atoms with Crippen LogP contribution in [0.4, 0.5) is 11.4 Å². The molecule has 12 heteroatoms. The largest absolute Gasteiger partial charge is 0.508 e. The molecule has 2 amide bonds. The normalized spacial score (nSPS) is 11.0. The zero-order valence-corrected chi connectivity index (χ0v) is 19.1. The van der Waals surface area contributed by atoms with E-state index in [-0.39, 0.29) is 32.6 Å². The summed E-state index contributed by atoms with van der Waals surface area (Å²) in [5, 5.41) is 37.2. The Bertz CT molecular complexity index is 1500. The molecule has 0 saturated heterocycles. The summed E-state index contributed by atoms with van der Waals surface area (Å²) in [6.45, 7) is 0. The van der Waals surface area contributed by atoms with E-state index in [2.05, 4.69) is 15.8 Å². The fraction of sp³-hybridized carbons (Fsp3) is 0. The predicted octanol–water partition coefficient (Wildman–Crippen LogP) is 4.89. The first-order valence-electron chi connectivity index (χ1n) is 9.86. The Balaban J connectivity index is 1.42. The van der Waals surface area contributed by atoms with E-state index in [1.54, 1.807) is 0 Å². The molecule has 0 aliphatic heterocycles. The van der Waals surface area contributed by atoms with Crippen LogP contribution in [-0.4, -0.2) is 33.2 Å². The van der Waals surface area contributed by atoms with E-state index < -0.39 is 16.7 Å². The molecule has 0 unspecified atom stereocenters. The molecule has 0 bridgehead atoms. The van der Waals surface area contributed by atoms with Crippen LogP contribution in [0.5, 0.6) is 11.5 Å². The minimum Gasteiger partial charge on any atom is -0.508 e. The van der Waals surface area contributed by atoms with Crippen LogP contribution in [0.15, 0.2) is 65.8 Å². The van der Waals surface area contributed by atoms with Crippen LogP contribution >= 0.6 is 22.9 Å². The lowest BCUT2D eigenvalue weighted by molar-refractivity contribution is -0.384. The molecule has 0 fully saturated rings. The second-order valence-corrected chi connectivity index (χ2v) is 8.59. The third-order valence-corrected chi connectivity index (χ3v) is 6.47. The van der Waals surface area contributed by atoms with E-state index in [1.165, 1.54) is 60.8 Å². The number of benzene rings is 3. The standard InChI is InChI=1S/C23H15ClN4O6S/c24-20-17-8-6-15(28(33)34)9-19(17)35-21(20)23(32)26-14-4-1-12(2-5-14)22(31)27-25-11-13-3-7-16(29)10-18(13)30/h1-11,29-30H,(H,26,32)(H,27,31)/b25-11-. The van der Waals surface area contributed by atoms with Crippen LogP contribution in [0.1, 0.15) is 25.6 Å². The number of fused-ring (bicyclic) bond motifs is 1. The Hall–Kier alpha value is -4.48. The summed E-state index contributed by atoms with van der Waals surface area (Å²) in [5.41, 5.74) is 3.19. The third kappa shape index (κ3) is 5.21. The Kier molecular flexibility index (Phi) is 6.62. The highest BCUT2D eigenvalue weighted by atomic mass is 35.5. The van der Waals surface area contributed by atoms with Gasteiger partial charge in [-0.1, -0.05) is 11.6 Å². The zero-order chi connectivity index (χ0) is 25.1. The number of nitro groups is 1. The first-order valence-corrected chi connectivity index (χ1v) is 11.1. The molecule has 0 saturated carbocycles. The SMILES string of the molecule is O=C(N/N=C\c1ccc(O)cc1O)c1ccc(NC(=O)c2sc3cc([N+](=O)[O-])ccc3c2Cl)cc1. The fourth-order valence-corrected chi connectivity index (χ4v) is 4.52. The number of amides is 2. The average molecular weight is 511 g/mol. The lowest BCUT2D eigenvalue weighted by atomic mass is 10.2. The Labute approximate surface area is 206 Å². The van der Waals surface area contributed by atoms with E-state index >= 15 is 0 Å². The fourth-order valence-electron chi connectivity index (χ4n) is 3.07. The molecular weight excluding hydrogens is 496 g/mol. The maximum atomic E-state index is 12.7. The van der Waals surface area contributed by atoms with Crippen molar-refractivity contribution in [3.8, 4) is 11.5 Å². The molecule has 0 radical (unpaired) electrons. The van der Waals surface area contributed by atoms with E-state index in [0.29, 0.717) is 21.3 Å². The second-order valence-electron chi connectivity index (χ2n) is 7.16. The van der Waals surface area contributed by atoms with Crippen molar-refractivity contribution >= 4 is 62.4 Å². The van der Waals surface area contributed by atoms with Gasteiger partial charge in [-0.3, -0.25) is 19.7 Å². The molecule has 4 rings (SSSR count). The molecule has 1 heterocycles. The van der Waals surface area contributed by atoms with Crippen molar-refractivity contribution in [2.24, 2.45) is 5.10 Å². The first kappa shape index (κ1) is 23.7. The number of thiophene rings is 1. The molecular formula is C23H15ClN4O6S. The summed E-state index contributed by atoms with van der Waals surface area (Å²) in [6, 6.07) is 14.1. The average Bonchev–Trinajstić information content (AvgIpc) is 3.16. The summed E-state index contributed by atoms with van der Waals surface area (Å²) in [4.78, 5) is 35.6. The lowest BCUT2D eigenvalue weighted by Gasteiger charge is -2.05. The van der Waals surface area contributed by atoms with E-state index in [1.807, 2.05) is 0 Å². The number of non-ortho nitro benzene ring substituents is 1. The summed E-state index contributed by atoms with van der Waals surface area (Å²) in [6.07, 6.45) is 1.23. The van der Waals surface area contributed by atoms with Gasteiger partial charge in [-0.05, 0) is 42.5 Å². The topological polar surface area (TPSA) is 154 Å². The van der Waals surface area contributed by atoms with Crippen molar-refractivity contribution in [1.29, 1.82) is 0 Å². The molecule has 10 nitrogen and oxygen atoms in total. The molecule has 0 aliphatic carbocycles. The van der Waals surface area contributed by atoms with Crippen molar-refractivity contribution in [2.75, 3.05) is 5.32 Å². The first-order chi connectivity index (χ1) is 16.7. The van der Waals surface area contributed by atoms with Gasteiger partial charge in [-0.15, -0.1) is 11.3 Å². The molecule has 176 valence electrons. The smallest absolute Gasteiger partial charge is 0.271 e. The number of hydrogen-bond donors (Lipinski definition) is 4. The van der Waals surface area contributed by atoms with Crippen LogP contribution in [-0.2, 0) is 0 Å². The van der Waals surface area contributed by atoms with Crippen molar-refractivity contribution in [3.05, 3.63) is 91.8 Å². The number of halogens is 1. The van der Waals surface area contributed by atoms with E-state index in [9.17, 15) is 29.9 Å². The van der Waals surface area contributed by atoms with Gasteiger partial charge in [-0.25, -0.2) is 5.43 Å². The third-order valence-electron chi connectivity index (χ3n) is 4.82. The number of phenolic OH excluding ortho intramolecular Hbond substituents is 2. The zero-order valence-electron chi connectivity index (χ0n) is 17.6. The number of anilines is 1. The van der Waals surface area contributed by atoms with Crippen LogP contribution in [0, 0.1) is 10.1 Å². The Morgan fingerprint density at radius 3 is 2.46 bits per heavy atom. The van der Waals surface area contributed by atoms with Crippen molar-refractivity contribution in [2.45, 2.75) is 0 Å². The number of carbonyl (C=O) groups is 2. The Morgan fingerprint density at radius 1 is 1.03 bits per heavy atom. The number of rotatable bonds is 6. The summed E-state index contributed by atoms with van der Waals surface area (Å²) >= 11 is 7.35. The van der Waals surface area contributed by atoms with Gasteiger partial charge in [0.2, 0.25) is 0 Å². The molecule has 35 heavy (non-hydrogen) atoms. The van der Waals surface area contributed by atoms with Crippen molar-refractivity contribution in [1.82, 2.24) is 5.43 Å². The number of hydrogen-bond acceptors (Lipinski definition) is 8. The lowest BCUT2D eigenvalue weighted by Crippen LogP contribution is -2.17. The number of nitrogens with one attached hydrogen (secondary N) is 2. The summed E-state index contributed by atoms with van der Waals surface area (Å²) in [7, 11) is 0. The molecule has 0 spiro atoms. The van der Waals surface area contributed by atoms with Crippen molar-refractivity contribution in [3.63, 3.8) is 0 Å². The van der Waals surface area contributed by atoms with Crippen LogP contribution in [0.2, 0.25) is 5.02 Å². The molecule has 3 aromatic carbocycles. The Morgan fingerprint density at radius 2 is 1.77 bits per heavy atom. The predicted molar refractivity (Wildman–Crippen MR) is 133 cm³/mol. The minimum absolute atomic E-state index is 0.0968. The number of nitro benzene ring substituents is 1. The highest BCUT2D eigenvalue weighted by Gasteiger charge is 2.19. The minimum atomic E-state index is -0.522. The number of aromatic hydroxyl groups is 2. The van der Waals surface area contributed by atoms with E-state index in [4.69, 9.17) is 11.6 Å². The monoisotopic (exact) mass is 510 g/mol. The van der Waals surface area contributed by atoms with Gasteiger partial charge in [0.15, 0.2) is 0 Å². The van der Waals surface area contributed by atoms with E-state index in [0.717, 1.165) is 17.4 Å². The molecule has 1 aromatic heterocycles. The molecule has 0 aliphatic rings. The maximum Gasteiger partial charge on any atom is 0.271 e. The van der Waals surface area contributed by atoms with Crippen molar-refractivity contribution < 1.29 is 24.7 Å². The van der Waals surface area contributed by atoms with Gasteiger partial charge in [0.1, 0.15) is 16.4 Å². The molecule has 4 N–H and O–H groups in total. The maximum absolute atomic E-state index is 12.7. The van der Waals surface area contributed by atoms with Gasteiger partial charge in [-0.2, -0.15) is 5.10 Å². The number of hydrazone groups is 1. The highest BCUT2D eigenvalue weighted by molar-refractivity contribution is 7.21. The van der Waals surface area contributed by atoms with Gasteiger partial charge in [0, 0.05) is 45.1 Å². The molecule has 4 aromatic rings. The highest BCUT2D eigenvalue weighted by Crippen LogP contribution is 2.37.